The molecule has 0 saturated carbocycles. The molecule has 1 nitrogen and oxygen atoms in total. The molecule has 0 unspecified atom stereocenters. The van der Waals surface area contributed by atoms with E-state index in [9.17, 15) is 9.18 Å². The lowest BCUT2D eigenvalue weighted by molar-refractivity contribution is 0.103. The summed E-state index contributed by atoms with van der Waals surface area (Å²) in [5, 5.41) is 0. The highest BCUT2D eigenvalue weighted by molar-refractivity contribution is 6.11. The molecule has 2 heteroatoms. The summed E-state index contributed by atoms with van der Waals surface area (Å²) >= 11 is 0. The highest BCUT2D eigenvalue weighted by Crippen LogP contribution is 2.20. The molecule has 2 aromatic rings. The average Bonchev–Trinajstić information content (AvgIpc) is 2.28. The third kappa shape index (κ3) is 2.19. The second-order valence-corrected chi connectivity index (χ2v) is 4.56. The van der Waals surface area contributed by atoms with Gasteiger partial charge >= 0.3 is 0 Å². The molecule has 18 heavy (non-hydrogen) atoms. The zero-order valence-corrected chi connectivity index (χ0v) is 10.8. The number of benzene rings is 2. The minimum Gasteiger partial charge on any atom is -0.289 e. The van der Waals surface area contributed by atoms with Crippen molar-refractivity contribution in [3.8, 4) is 0 Å². The van der Waals surface area contributed by atoms with Gasteiger partial charge < -0.3 is 0 Å². The maximum Gasteiger partial charge on any atom is 0.193 e. The first kappa shape index (κ1) is 12.5. The molecule has 0 aromatic heterocycles. The predicted octanol–water partition coefficient (Wildman–Crippen LogP) is 3.98. The van der Waals surface area contributed by atoms with Crippen molar-refractivity contribution >= 4 is 5.78 Å². The lowest BCUT2D eigenvalue weighted by Gasteiger charge is -2.10. The van der Waals surface area contributed by atoms with E-state index in [0.717, 1.165) is 11.1 Å². The summed E-state index contributed by atoms with van der Waals surface area (Å²) in [6.45, 7) is 5.59. The van der Waals surface area contributed by atoms with Crippen LogP contribution in [0.15, 0.2) is 36.4 Å². The summed E-state index contributed by atoms with van der Waals surface area (Å²) < 4.78 is 13.1. The Balaban J connectivity index is 2.55. The molecule has 0 radical (unpaired) electrons. The minimum atomic E-state index is -0.314. The van der Waals surface area contributed by atoms with E-state index >= 15 is 0 Å². The second-order valence-electron chi connectivity index (χ2n) is 4.56. The quantitative estimate of drug-likeness (QED) is 0.728. The lowest BCUT2D eigenvalue weighted by Crippen LogP contribution is -2.08. The van der Waals surface area contributed by atoms with Crippen molar-refractivity contribution in [2.45, 2.75) is 20.8 Å². The van der Waals surface area contributed by atoms with Crippen LogP contribution in [0.5, 0.6) is 0 Å². The first-order valence-electron chi connectivity index (χ1n) is 5.88. The SMILES string of the molecule is Cc1cc(F)ccc1C(=O)c1c(C)cccc1C. The van der Waals surface area contributed by atoms with Gasteiger partial charge in [-0.05, 0) is 55.7 Å². The van der Waals surface area contributed by atoms with Crippen molar-refractivity contribution in [2.75, 3.05) is 0 Å². The number of aryl methyl sites for hydroxylation is 3. The molecule has 0 aliphatic rings. The number of carbonyl (C=O) groups excluding carboxylic acids is 1. The molecule has 0 aliphatic carbocycles. The van der Waals surface area contributed by atoms with Crippen LogP contribution in [0.4, 0.5) is 4.39 Å². The summed E-state index contributed by atoms with van der Waals surface area (Å²) in [6.07, 6.45) is 0. The van der Waals surface area contributed by atoms with Crippen LogP contribution >= 0.6 is 0 Å². The maximum atomic E-state index is 13.1. The Kier molecular flexibility index (Phi) is 3.28. The van der Waals surface area contributed by atoms with Crippen LogP contribution in [-0.2, 0) is 0 Å². The van der Waals surface area contributed by atoms with Crippen molar-refractivity contribution in [2.24, 2.45) is 0 Å². The highest BCUT2D eigenvalue weighted by atomic mass is 19.1. The first-order chi connectivity index (χ1) is 8.50. The van der Waals surface area contributed by atoms with E-state index in [2.05, 4.69) is 0 Å². The van der Waals surface area contributed by atoms with Crippen LogP contribution in [0.25, 0.3) is 0 Å². The van der Waals surface area contributed by atoms with Gasteiger partial charge in [0.15, 0.2) is 5.78 Å². The van der Waals surface area contributed by atoms with Crippen molar-refractivity contribution in [3.63, 3.8) is 0 Å². The molecule has 0 aliphatic heterocycles. The summed E-state index contributed by atoms with van der Waals surface area (Å²) in [4.78, 5) is 12.5. The van der Waals surface area contributed by atoms with Gasteiger partial charge in [-0.15, -0.1) is 0 Å². The summed E-state index contributed by atoms with van der Waals surface area (Å²) in [5.74, 6) is -0.353. The molecule has 0 atom stereocenters. The molecule has 92 valence electrons. The van der Waals surface area contributed by atoms with Crippen LogP contribution in [-0.4, -0.2) is 5.78 Å². The van der Waals surface area contributed by atoms with Crippen LogP contribution < -0.4 is 0 Å². The van der Waals surface area contributed by atoms with Crippen molar-refractivity contribution in [1.29, 1.82) is 0 Å². The van der Waals surface area contributed by atoms with Gasteiger partial charge in [-0.25, -0.2) is 4.39 Å². The van der Waals surface area contributed by atoms with E-state index in [-0.39, 0.29) is 11.6 Å². The predicted molar refractivity (Wildman–Crippen MR) is 70.5 cm³/mol. The van der Waals surface area contributed by atoms with E-state index in [1.54, 1.807) is 13.0 Å². The number of hydrogen-bond acceptors (Lipinski definition) is 1. The monoisotopic (exact) mass is 242 g/mol. The Morgan fingerprint density at radius 1 is 0.944 bits per heavy atom. The van der Waals surface area contributed by atoms with Gasteiger partial charge in [-0.1, -0.05) is 18.2 Å². The molecule has 2 rings (SSSR count). The van der Waals surface area contributed by atoms with Crippen molar-refractivity contribution in [3.05, 3.63) is 70.0 Å². The Labute approximate surface area is 106 Å². The standard InChI is InChI=1S/C16H15FO/c1-10-5-4-6-11(2)15(10)16(18)14-8-7-13(17)9-12(14)3/h4-9H,1-3H3. The molecule has 0 heterocycles. The fraction of sp³-hybridized carbons (Fsp3) is 0.188. The summed E-state index contributed by atoms with van der Waals surface area (Å²) in [6, 6.07) is 10.0. The first-order valence-corrected chi connectivity index (χ1v) is 5.88. The highest BCUT2D eigenvalue weighted by Gasteiger charge is 2.16. The van der Waals surface area contributed by atoms with Gasteiger partial charge in [-0.3, -0.25) is 4.79 Å². The van der Waals surface area contributed by atoms with Crippen LogP contribution in [0.1, 0.15) is 32.6 Å². The summed E-state index contributed by atoms with van der Waals surface area (Å²) in [5.41, 5.74) is 3.84. The number of rotatable bonds is 2. The maximum absolute atomic E-state index is 13.1. The van der Waals surface area contributed by atoms with E-state index in [4.69, 9.17) is 0 Å². The molecule has 0 N–H and O–H groups in total. The van der Waals surface area contributed by atoms with Crippen LogP contribution in [0.3, 0.4) is 0 Å². The number of ketones is 1. The van der Waals surface area contributed by atoms with Crippen molar-refractivity contribution < 1.29 is 9.18 Å². The van der Waals surface area contributed by atoms with Gasteiger partial charge in [0.05, 0.1) is 0 Å². The number of carbonyl (C=O) groups is 1. The Bertz CT molecular complexity index is 594. The summed E-state index contributed by atoms with van der Waals surface area (Å²) in [7, 11) is 0. The number of hydrogen-bond donors (Lipinski definition) is 0. The molecular weight excluding hydrogens is 227 g/mol. The van der Waals surface area contributed by atoms with Crippen LogP contribution in [0, 0.1) is 26.6 Å². The Hall–Kier alpha value is -1.96. The van der Waals surface area contributed by atoms with Gasteiger partial charge in [0.25, 0.3) is 0 Å². The number of halogens is 1. The normalized spacial score (nSPS) is 10.4. The second kappa shape index (κ2) is 4.73. The molecule has 2 aromatic carbocycles. The minimum absolute atomic E-state index is 0.0388. The van der Waals surface area contributed by atoms with Crippen LogP contribution in [0.2, 0.25) is 0 Å². The topological polar surface area (TPSA) is 17.1 Å². The van der Waals surface area contributed by atoms with Gasteiger partial charge in [0.2, 0.25) is 0 Å². The van der Waals surface area contributed by atoms with E-state index in [1.165, 1.54) is 12.1 Å². The smallest absolute Gasteiger partial charge is 0.193 e. The molecule has 0 amide bonds. The fourth-order valence-electron chi connectivity index (χ4n) is 2.19. The fourth-order valence-corrected chi connectivity index (χ4v) is 2.19. The third-order valence-electron chi connectivity index (χ3n) is 3.14. The Morgan fingerprint density at radius 3 is 2.11 bits per heavy atom. The average molecular weight is 242 g/mol. The largest absolute Gasteiger partial charge is 0.289 e. The molecular formula is C16H15FO. The molecule has 0 bridgehead atoms. The van der Waals surface area contributed by atoms with E-state index in [0.29, 0.717) is 16.7 Å². The lowest BCUT2D eigenvalue weighted by atomic mass is 9.93. The zero-order chi connectivity index (χ0) is 13.3. The van der Waals surface area contributed by atoms with Crippen molar-refractivity contribution in [1.82, 2.24) is 0 Å². The molecule has 0 fully saturated rings. The van der Waals surface area contributed by atoms with Gasteiger partial charge in [0, 0.05) is 11.1 Å². The molecule has 0 spiro atoms. The third-order valence-corrected chi connectivity index (χ3v) is 3.14. The molecule has 0 saturated heterocycles. The Morgan fingerprint density at radius 2 is 1.56 bits per heavy atom. The van der Waals surface area contributed by atoms with Gasteiger partial charge in [0.1, 0.15) is 5.82 Å². The van der Waals surface area contributed by atoms with E-state index in [1.807, 2.05) is 32.0 Å². The van der Waals surface area contributed by atoms with Gasteiger partial charge in [-0.2, -0.15) is 0 Å². The zero-order valence-electron chi connectivity index (χ0n) is 10.8. The van der Waals surface area contributed by atoms with E-state index < -0.39 is 0 Å².